The molecule has 100 valence electrons. The highest BCUT2D eigenvalue weighted by atomic mass is 79.9. The van der Waals surface area contributed by atoms with Gasteiger partial charge in [-0.1, -0.05) is 13.0 Å². The van der Waals surface area contributed by atoms with Crippen LogP contribution in [-0.2, 0) is 0 Å². The lowest BCUT2D eigenvalue weighted by Crippen LogP contribution is -2.61. The van der Waals surface area contributed by atoms with Crippen molar-refractivity contribution in [3.8, 4) is 0 Å². The van der Waals surface area contributed by atoms with Gasteiger partial charge in [0, 0.05) is 33.6 Å². The van der Waals surface area contributed by atoms with E-state index in [-0.39, 0.29) is 5.54 Å². The maximum atomic E-state index is 3.68. The zero-order valence-electron chi connectivity index (χ0n) is 11.1. The van der Waals surface area contributed by atoms with Crippen molar-refractivity contribution >= 4 is 37.5 Å². The number of nitrogens with zero attached hydrogens (tertiary/aromatic N) is 1. The molecule has 1 unspecified atom stereocenters. The zero-order chi connectivity index (χ0) is 13.3. The van der Waals surface area contributed by atoms with E-state index in [9.17, 15) is 0 Å². The highest BCUT2D eigenvalue weighted by Crippen LogP contribution is 2.37. The molecule has 0 amide bonds. The molecule has 0 bridgehead atoms. The van der Waals surface area contributed by atoms with Crippen molar-refractivity contribution in [2.24, 2.45) is 0 Å². The largest absolute Gasteiger partial charge is 0.364 e. The third-order valence-corrected chi connectivity index (χ3v) is 4.80. The number of piperazine rings is 1. The average Bonchev–Trinajstić information content (AvgIpc) is 2.28. The first kappa shape index (κ1) is 14.4. The normalized spacial score (nSPS) is 23.2. The van der Waals surface area contributed by atoms with E-state index in [4.69, 9.17) is 0 Å². The molecule has 1 heterocycles. The minimum absolute atomic E-state index is 0.153. The van der Waals surface area contributed by atoms with E-state index < -0.39 is 0 Å². The average molecular weight is 376 g/mol. The lowest BCUT2D eigenvalue weighted by atomic mass is 9.97. The Bertz CT molecular complexity index is 412. The second-order valence-corrected chi connectivity index (χ2v) is 7.23. The summed E-state index contributed by atoms with van der Waals surface area (Å²) in [7, 11) is 0. The maximum Gasteiger partial charge on any atom is 0.0658 e. The molecule has 2 rings (SSSR count). The van der Waals surface area contributed by atoms with Gasteiger partial charge < -0.3 is 10.2 Å². The van der Waals surface area contributed by atoms with Gasteiger partial charge in [-0.05, 0) is 64.3 Å². The molecule has 1 N–H and O–H groups in total. The van der Waals surface area contributed by atoms with Crippen molar-refractivity contribution in [1.82, 2.24) is 5.32 Å². The van der Waals surface area contributed by atoms with Crippen molar-refractivity contribution in [3.63, 3.8) is 0 Å². The summed E-state index contributed by atoms with van der Waals surface area (Å²) < 4.78 is 2.32. The third-order valence-electron chi connectivity index (χ3n) is 3.52. The first-order valence-electron chi connectivity index (χ1n) is 6.40. The zero-order valence-corrected chi connectivity index (χ0v) is 14.3. The Morgan fingerprint density at radius 1 is 1.33 bits per heavy atom. The van der Waals surface area contributed by atoms with Crippen LogP contribution in [0, 0.1) is 0 Å². The minimum Gasteiger partial charge on any atom is -0.364 e. The number of nitrogens with one attached hydrogen (secondary N) is 1. The molecule has 1 atom stereocenters. The van der Waals surface area contributed by atoms with Gasteiger partial charge in [0.2, 0.25) is 0 Å². The van der Waals surface area contributed by atoms with E-state index in [2.05, 4.69) is 81.0 Å². The van der Waals surface area contributed by atoms with Crippen molar-refractivity contribution in [2.75, 3.05) is 18.0 Å². The first-order valence-corrected chi connectivity index (χ1v) is 7.99. The predicted molar refractivity (Wildman–Crippen MR) is 85.3 cm³/mol. The Hall–Kier alpha value is -0.0600. The quantitative estimate of drug-likeness (QED) is 0.834. The van der Waals surface area contributed by atoms with Crippen LogP contribution in [0.25, 0.3) is 0 Å². The standard InChI is InChI=1S/C14H20Br2N2/c1-4-10-8-17-14(2,3)9-18(10)13-11(15)6-5-7-12(13)16/h5-7,10,17H,4,8-9H2,1-3H3. The molecule has 1 aromatic carbocycles. The summed E-state index contributed by atoms with van der Waals surface area (Å²) in [5.41, 5.74) is 1.43. The number of halogens is 2. The number of benzene rings is 1. The maximum absolute atomic E-state index is 3.68. The summed E-state index contributed by atoms with van der Waals surface area (Å²) >= 11 is 7.37. The van der Waals surface area contributed by atoms with Crippen molar-refractivity contribution in [2.45, 2.75) is 38.8 Å². The number of hydrogen-bond donors (Lipinski definition) is 1. The van der Waals surface area contributed by atoms with Gasteiger partial charge in [0.15, 0.2) is 0 Å². The summed E-state index contributed by atoms with van der Waals surface area (Å²) in [4.78, 5) is 2.52. The molecule has 0 saturated carbocycles. The second-order valence-electron chi connectivity index (χ2n) is 5.53. The predicted octanol–water partition coefficient (Wildman–Crippen LogP) is 4.18. The lowest BCUT2D eigenvalue weighted by Gasteiger charge is -2.46. The van der Waals surface area contributed by atoms with Gasteiger partial charge >= 0.3 is 0 Å². The Morgan fingerprint density at radius 3 is 2.50 bits per heavy atom. The summed E-state index contributed by atoms with van der Waals surface area (Å²) in [6, 6.07) is 6.84. The summed E-state index contributed by atoms with van der Waals surface area (Å²) in [6.07, 6.45) is 1.15. The van der Waals surface area contributed by atoms with E-state index in [1.165, 1.54) is 5.69 Å². The second kappa shape index (κ2) is 5.51. The molecule has 0 aromatic heterocycles. The van der Waals surface area contributed by atoms with Crippen LogP contribution in [-0.4, -0.2) is 24.7 Å². The van der Waals surface area contributed by atoms with Gasteiger partial charge in [-0.25, -0.2) is 0 Å². The molecule has 1 aliphatic heterocycles. The SMILES string of the molecule is CCC1CNC(C)(C)CN1c1c(Br)cccc1Br. The Balaban J connectivity index is 2.39. The molecule has 1 aliphatic rings. The fraction of sp³-hybridized carbons (Fsp3) is 0.571. The van der Waals surface area contributed by atoms with E-state index in [0.717, 1.165) is 28.5 Å². The van der Waals surface area contributed by atoms with Gasteiger partial charge in [-0.3, -0.25) is 0 Å². The summed E-state index contributed by atoms with van der Waals surface area (Å²) in [5, 5.41) is 3.63. The van der Waals surface area contributed by atoms with Gasteiger partial charge in [-0.15, -0.1) is 0 Å². The van der Waals surface area contributed by atoms with Crippen LogP contribution in [0.2, 0.25) is 0 Å². The summed E-state index contributed by atoms with van der Waals surface area (Å²) in [6.45, 7) is 8.83. The molecular weight excluding hydrogens is 356 g/mol. The van der Waals surface area contributed by atoms with Crippen molar-refractivity contribution in [3.05, 3.63) is 27.1 Å². The number of hydrogen-bond acceptors (Lipinski definition) is 2. The first-order chi connectivity index (χ1) is 8.44. The van der Waals surface area contributed by atoms with Crippen LogP contribution in [0.1, 0.15) is 27.2 Å². The van der Waals surface area contributed by atoms with E-state index in [1.54, 1.807) is 0 Å². The Morgan fingerprint density at radius 2 is 1.94 bits per heavy atom. The molecule has 1 saturated heterocycles. The molecular formula is C14H20Br2N2. The number of rotatable bonds is 2. The molecule has 1 fully saturated rings. The van der Waals surface area contributed by atoms with Gasteiger partial charge in [-0.2, -0.15) is 0 Å². The van der Waals surface area contributed by atoms with Crippen LogP contribution in [0.15, 0.2) is 27.1 Å². The molecule has 4 heteroatoms. The molecule has 1 aromatic rings. The van der Waals surface area contributed by atoms with Crippen LogP contribution in [0.5, 0.6) is 0 Å². The van der Waals surface area contributed by atoms with Crippen molar-refractivity contribution < 1.29 is 0 Å². The minimum atomic E-state index is 0.153. The van der Waals surface area contributed by atoms with Crippen LogP contribution in [0.3, 0.4) is 0 Å². The van der Waals surface area contributed by atoms with Gasteiger partial charge in [0.05, 0.1) is 5.69 Å². The van der Waals surface area contributed by atoms with Gasteiger partial charge in [0.1, 0.15) is 0 Å². The number of para-hydroxylation sites is 1. The van der Waals surface area contributed by atoms with Crippen LogP contribution in [0.4, 0.5) is 5.69 Å². The van der Waals surface area contributed by atoms with Crippen molar-refractivity contribution in [1.29, 1.82) is 0 Å². The molecule has 0 spiro atoms. The molecule has 0 aliphatic carbocycles. The van der Waals surface area contributed by atoms with E-state index in [0.29, 0.717) is 6.04 Å². The van der Waals surface area contributed by atoms with E-state index >= 15 is 0 Å². The highest BCUT2D eigenvalue weighted by molar-refractivity contribution is 9.11. The third kappa shape index (κ3) is 2.91. The Labute approximate surface area is 126 Å². The fourth-order valence-corrected chi connectivity index (χ4v) is 3.96. The lowest BCUT2D eigenvalue weighted by molar-refractivity contribution is 0.306. The molecule has 18 heavy (non-hydrogen) atoms. The van der Waals surface area contributed by atoms with Gasteiger partial charge in [0.25, 0.3) is 0 Å². The monoisotopic (exact) mass is 374 g/mol. The highest BCUT2D eigenvalue weighted by Gasteiger charge is 2.33. The fourth-order valence-electron chi connectivity index (χ4n) is 2.50. The number of anilines is 1. The van der Waals surface area contributed by atoms with Crippen LogP contribution >= 0.6 is 31.9 Å². The van der Waals surface area contributed by atoms with E-state index in [1.807, 2.05) is 0 Å². The summed E-state index contributed by atoms with van der Waals surface area (Å²) in [5.74, 6) is 0. The molecule has 0 radical (unpaired) electrons. The Kier molecular flexibility index (Phi) is 4.40. The van der Waals surface area contributed by atoms with Crippen LogP contribution < -0.4 is 10.2 Å². The smallest absolute Gasteiger partial charge is 0.0658 e. The molecule has 2 nitrogen and oxygen atoms in total. The topological polar surface area (TPSA) is 15.3 Å².